The Balaban J connectivity index is 1.79. The summed E-state index contributed by atoms with van der Waals surface area (Å²) in [5.41, 5.74) is 1.82. The maximum Gasteiger partial charge on any atom is 0.0799 e. The van der Waals surface area contributed by atoms with Gasteiger partial charge in [-0.05, 0) is 23.8 Å². The highest BCUT2D eigenvalue weighted by Crippen LogP contribution is 2.29. The number of hydrogen-bond acceptors (Lipinski definition) is 0. The molecule has 0 saturated carbocycles. The molecule has 0 amide bonds. The van der Waals surface area contributed by atoms with E-state index in [1.807, 2.05) is 0 Å². The first-order chi connectivity index (χ1) is 8.58. The Morgan fingerprint density at radius 1 is 1.22 bits per heavy atom. The molecule has 1 fully saturated rings. The second-order valence-corrected chi connectivity index (χ2v) is 6.71. The van der Waals surface area contributed by atoms with Gasteiger partial charge in [0.1, 0.15) is 0 Å². The zero-order valence-corrected chi connectivity index (χ0v) is 12.2. The summed E-state index contributed by atoms with van der Waals surface area (Å²) in [4.78, 5) is 1.72. The Hall–Kier alpha value is -0.820. The van der Waals surface area contributed by atoms with E-state index in [4.69, 9.17) is 0 Å². The first kappa shape index (κ1) is 13.6. The number of benzene rings is 1. The van der Waals surface area contributed by atoms with E-state index in [2.05, 4.69) is 51.2 Å². The third-order valence-corrected chi connectivity index (χ3v) is 4.59. The Kier molecular flexibility index (Phi) is 4.45. The standard InChI is InChI=1S/C17H27N/c1-17(2,16-9-5-4-6-10-16)12-7-8-15-11-13-18(3)14-15/h4-6,9-10,15H,7-8,11-14H2,1-3H3/p+1. The van der Waals surface area contributed by atoms with Crippen LogP contribution in [0, 0.1) is 5.92 Å². The second-order valence-electron chi connectivity index (χ2n) is 6.71. The van der Waals surface area contributed by atoms with Crippen molar-refractivity contribution in [2.75, 3.05) is 20.1 Å². The molecule has 0 bridgehead atoms. The van der Waals surface area contributed by atoms with Crippen molar-refractivity contribution >= 4 is 0 Å². The average Bonchev–Trinajstić information content (AvgIpc) is 2.76. The van der Waals surface area contributed by atoms with Gasteiger partial charge in [-0.25, -0.2) is 0 Å². The molecule has 1 heterocycles. The van der Waals surface area contributed by atoms with Gasteiger partial charge in [-0.3, -0.25) is 0 Å². The topological polar surface area (TPSA) is 4.44 Å². The van der Waals surface area contributed by atoms with E-state index in [-0.39, 0.29) is 0 Å². The van der Waals surface area contributed by atoms with Crippen molar-refractivity contribution in [3.05, 3.63) is 35.9 Å². The van der Waals surface area contributed by atoms with Gasteiger partial charge in [-0.15, -0.1) is 0 Å². The van der Waals surface area contributed by atoms with Crippen LogP contribution >= 0.6 is 0 Å². The molecular formula is C17H28N+. The molecule has 2 rings (SSSR count). The van der Waals surface area contributed by atoms with Crippen LogP contribution in [0.25, 0.3) is 0 Å². The molecule has 18 heavy (non-hydrogen) atoms. The number of nitrogens with one attached hydrogen (secondary N) is 1. The molecule has 1 heteroatoms. The third kappa shape index (κ3) is 3.58. The Labute approximate surface area is 112 Å². The lowest BCUT2D eigenvalue weighted by Crippen LogP contribution is -3.07. The van der Waals surface area contributed by atoms with Crippen LogP contribution in [0.3, 0.4) is 0 Å². The van der Waals surface area contributed by atoms with E-state index in [0.717, 1.165) is 5.92 Å². The minimum absolute atomic E-state index is 0.332. The number of rotatable bonds is 5. The van der Waals surface area contributed by atoms with Crippen LogP contribution in [0.1, 0.15) is 45.1 Å². The second kappa shape index (κ2) is 5.88. The molecule has 1 aliphatic heterocycles. The Morgan fingerprint density at radius 3 is 2.56 bits per heavy atom. The average molecular weight is 246 g/mol. The zero-order valence-electron chi connectivity index (χ0n) is 12.2. The van der Waals surface area contributed by atoms with Crippen LogP contribution in [0.5, 0.6) is 0 Å². The Bertz CT molecular complexity index is 355. The SMILES string of the molecule is C[NH+]1CCC(CCCC(C)(C)c2ccccc2)C1. The molecular weight excluding hydrogens is 218 g/mol. The molecule has 0 aliphatic carbocycles. The summed E-state index contributed by atoms with van der Waals surface area (Å²) >= 11 is 0. The molecule has 0 spiro atoms. The number of likely N-dealkylation sites (tertiary alicyclic amines) is 1. The van der Waals surface area contributed by atoms with Gasteiger partial charge >= 0.3 is 0 Å². The summed E-state index contributed by atoms with van der Waals surface area (Å²) in [6, 6.07) is 11.0. The minimum Gasteiger partial charge on any atom is -0.337 e. The molecule has 100 valence electrons. The highest BCUT2D eigenvalue weighted by molar-refractivity contribution is 5.23. The predicted octanol–water partition coefficient (Wildman–Crippen LogP) is 2.67. The van der Waals surface area contributed by atoms with Crippen LogP contribution < -0.4 is 4.90 Å². The van der Waals surface area contributed by atoms with Crippen molar-refractivity contribution in [3.8, 4) is 0 Å². The van der Waals surface area contributed by atoms with Gasteiger partial charge in [0.05, 0.1) is 20.1 Å². The smallest absolute Gasteiger partial charge is 0.0799 e. The van der Waals surface area contributed by atoms with Gasteiger partial charge in [0.15, 0.2) is 0 Å². The molecule has 1 aromatic carbocycles. The predicted molar refractivity (Wildman–Crippen MR) is 78.0 cm³/mol. The minimum atomic E-state index is 0.332. The summed E-state index contributed by atoms with van der Waals surface area (Å²) < 4.78 is 0. The van der Waals surface area contributed by atoms with Gasteiger partial charge in [0, 0.05) is 12.3 Å². The van der Waals surface area contributed by atoms with Crippen molar-refractivity contribution in [1.29, 1.82) is 0 Å². The monoisotopic (exact) mass is 246 g/mol. The molecule has 2 atom stereocenters. The summed E-state index contributed by atoms with van der Waals surface area (Å²) in [6.45, 7) is 7.54. The van der Waals surface area contributed by atoms with E-state index in [9.17, 15) is 0 Å². The lowest BCUT2D eigenvalue weighted by molar-refractivity contribution is -0.867. The van der Waals surface area contributed by atoms with E-state index >= 15 is 0 Å². The van der Waals surface area contributed by atoms with Crippen LogP contribution in [0.2, 0.25) is 0 Å². The van der Waals surface area contributed by atoms with Gasteiger partial charge in [0.25, 0.3) is 0 Å². The Morgan fingerprint density at radius 2 is 1.94 bits per heavy atom. The number of quaternary nitrogens is 1. The summed E-state index contributed by atoms with van der Waals surface area (Å²) in [7, 11) is 2.33. The maximum atomic E-state index is 2.38. The number of hydrogen-bond donors (Lipinski definition) is 1. The zero-order chi connectivity index (χ0) is 13.0. The quantitative estimate of drug-likeness (QED) is 0.815. The van der Waals surface area contributed by atoms with Crippen LogP contribution in [-0.4, -0.2) is 20.1 Å². The van der Waals surface area contributed by atoms with E-state index < -0.39 is 0 Å². The van der Waals surface area contributed by atoms with Crippen LogP contribution in [0.15, 0.2) is 30.3 Å². The molecule has 2 unspecified atom stereocenters. The highest BCUT2D eigenvalue weighted by atomic mass is 15.1. The maximum absolute atomic E-state index is 2.38. The van der Waals surface area contributed by atoms with Gasteiger partial charge in [-0.1, -0.05) is 50.6 Å². The molecule has 1 aliphatic rings. The largest absolute Gasteiger partial charge is 0.337 e. The molecule has 1 saturated heterocycles. The van der Waals surface area contributed by atoms with Gasteiger partial charge in [0.2, 0.25) is 0 Å². The van der Waals surface area contributed by atoms with Crippen molar-refractivity contribution in [2.24, 2.45) is 5.92 Å². The fraction of sp³-hybridized carbons (Fsp3) is 0.647. The van der Waals surface area contributed by atoms with E-state index in [0.29, 0.717) is 5.41 Å². The lowest BCUT2D eigenvalue weighted by Gasteiger charge is -2.25. The molecule has 0 aromatic heterocycles. The van der Waals surface area contributed by atoms with Crippen molar-refractivity contribution in [2.45, 2.75) is 44.9 Å². The van der Waals surface area contributed by atoms with Crippen molar-refractivity contribution in [1.82, 2.24) is 0 Å². The molecule has 0 radical (unpaired) electrons. The van der Waals surface area contributed by atoms with E-state index in [1.165, 1.54) is 44.3 Å². The molecule has 1 N–H and O–H groups in total. The molecule has 1 nitrogen and oxygen atoms in total. The third-order valence-electron chi connectivity index (χ3n) is 4.59. The fourth-order valence-electron chi connectivity index (χ4n) is 3.26. The molecule has 1 aromatic rings. The summed E-state index contributed by atoms with van der Waals surface area (Å²) in [5, 5.41) is 0. The first-order valence-corrected chi connectivity index (χ1v) is 7.45. The first-order valence-electron chi connectivity index (χ1n) is 7.45. The fourth-order valence-corrected chi connectivity index (χ4v) is 3.26. The van der Waals surface area contributed by atoms with Crippen molar-refractivity contribution < 1.29 is 4.90 Å². The van der Waals surface area contributed by atoms with Crippen LogP contribution in [-0.2, 0) is 5.41 Å². The highest BCUT2D eigenvalue weighted by Gasteiger charge is 2.24. The van der Waals surface area contributed by atoms with Crippen molar-refractivity contribution in [3.63, 3.8) is 0 Å². The van der Waals surface area contributed by atoms with E-state index in [1.54, 1.807) is 4.90 Å². The summed E-state index contributed by atoms with van der Waals surface area (Å²) in [5.74, 6) is 0.983. The van der Waals surface area contributed by atoms with Gasteiger partial charge in [-0.2, -0.15) is 0 Å². The normalized spacial score (nSPS) is 24.4. The van der Waals surface area contributed by atoms with Gasteiger partial charge < -0.3 is 4.90 Å². The van der Waals surface area contributed by atoms with Crippen LogP contribution in [0.4, 0.5) is 0 Å². The lowest BCUT2D eigenvalue weighted by atomic mass is 9.79. The summed E-state index contributed by atoms with van der Waals surface area (Å²) in [6.07, 6.45) is 5.55.